The van der Waals surface area contributed by atoms with Crippen LogP contribution in [0.5, 0.6) is 0 Å². The highest BCUT2D eigenvalue weighted by Crippen LogP contribution is 2.35. The number of rotatable bonds is 2. The molecule has 5 rings (SSSR count). The summed E-state index contributed by atoms with van der Waals surface area (Å²) in [6, 6.07) is 16.7. The van der Waals surface area contributed by atoms with E-state index >= 15 is 0 Å². The molecule has 1 amide bonds. The van der Waals surface area contributed by atoms with Crippen LogP contribution in [0.3, 0.4) is 0 Å². The van der Waals surface area contributed by atoms with Crippen molar-refractivity contribution in [3.8, 4) is 0 Å². The number of carbonyl (C=O) groups excluding carboxylic acids is 1. The summed E-state index contributed by atoms with van der Waals surface area (Å²) in [7, 11) is 0. The third-order valence-electron chi connectivity index (χ3n) is 5.46. The Bertz CT molecular complexity index is 1050. The van der Waals surface area contributed by atoms with Gasteiger partial charge in [0.2, 0.25) is 0 Å². The minimum Gasteiger partial charge on any atom is -0.447 e. The third kappa shape index (κ3) is 2.70. The number of hydrogen-bond donors (Lipinski definition) is 0. The summed E-state index contributed by atoms with van der Waals surface area (Å²) in [5, 5.41) is 1.19. The number of aromatic nitrogens is 1. The molecule has 0 spiro atoms. The van der Waals surface area contributed by atoms with Crippen molar-refractivity contribution in [3.63, 3.8) is 0 Å². The number of aryl methyl sites for hydroxylation is 1. The van der Waals surface area contributed by atoms with Gasteiger partial charge in [-0.1, -0.05) is 30.3 Å². The molecule has 3 heterocycles. The van der Waals surface area contributed by atoms with Gasteiger partial charge in [-0.15, -0.1) is 0 Å². The summed E-state index contributed by atoms with van der Waals surface area (Å²) >= 11 is 0. The first kappa shape index (κ1) is 16.1. The Labute approximate surface area is 158 Å². The van der Waals surface area contributed by atoms with Crippen LogP contribution in [0.2, 0.25) is 0 Å². The molecule has 5 nitrogen and oxygen atoms in total. The summed E-state index contributed by atoms with van der Waals surface area (Å²) in [5.74, 6) is 0. The second-order valence-electron chi connectivity index (χ2n) is 7.15. The van der Waals surface area contributed by atoms with E-state index in [4.69, 9.17) is 4.74 Å². The normalized spacial score (nSPS) is 16.6. The molecule has 27 heavy (non-hydrogen) atoms. The minimum atomic E-state index is -0.235. The maximum atomic E-state index is 12.0. The largest absolute Gasteiger partial charge is 0.447 e. The van der Waals surface area contributed by atoms with Crippen molar-refractivity contribution in [2.24, 2.45) is 0 Å². The number of nitrogens with zero attached hydrogens (tertiary/aromatic N) is 3. The highest BCUT2D eigenvalue weighted by atomic mass is 16.6. The van der Waals surface area contributed by atoms with Crippen molar-refractivity contribution >= 4 is 28.4 Å². The number of amides is 1. The molecule has 1 saturated heterocycles. The average molecular weight is 359 g/mol. The van der Waals surface area contributed by atoms with Crippen molar-refractivity contribution in [3.05, 3.63) is 65.4 Å². The molecule has 2 aromatic carbocycles. The fourth-order valence-electron chi connectivity index (χ4n) is 4.21. The fraction of sp³-hybridized carbons (Fsp3) is 0.273. The van der Waals surface area contributed by atoms with Crippen LogP contribution in [0.4, 0.5) is 16.2 Å². The lowest BCUT2D eigenvalue weighted by Crippen LogP contribution is -2.33. The van der Waals surface area contributed by atoms with Crippen LogP contribution >= 0.6 is 0 Å². The van der Waals surface area contributed by atoms with Gasteiger partial charge in [-0.05, 0) is 42.7 Å². The summed E-state index contributed by atoms with van der Waals surface area (Å²) in [5.41, 5.74) is 6.84. The first-order valence-corrected chi connectivity index (χ1v) is 9.37. The molecule has 0 bridgehead atoms. The number of anilines is 2. The van der Waals surface area contributed by atoms with Crippen molar-refractivity contribution < 1.29 is 9.53 Å². The Hall–Kier alpha value is -3.08. The zero-order chi connectivity index (χ0) is 18.4. The maximum absolute atomic E-state index is 12.0. The number of carbonyl (C=O) groups is 1. The molecule has 0 aliphatic carbocycles. The van der Waals surface area contributed by atoms with Gasteiger partial charge < -0.3 is 9.64 Å². The third-order valence-corrected chi connectivity index (χ3v) is 5.46. The molecule has 2 aliphatic rings. The second kappa shape index (κ2) is 6.27. The molecule has 0 saturated carbocycles. The quantitative estimate of drug-likeness (QED) is 0.692. The molecule has 3 aromatic rings. The SMILES string of the molecule is Cc1cc(N2CCc3c(cccc3N3CCOC3=O)C2)c2ccccc2n1. The fourth-order valence-corrected chi connectivity index (χ4v) is 4.21. The first-order chi connectivity index (χ1) is 13.2. The second-order valence-corrected chi connectivity index (χ2v) is 7.15. The van der Waals surface area contributed by atoms with Crippen molar-refractivity contribution in [1.82, 2.24) is 4.98 Å². The van der Waals surface area contributed by atoms with Gasteiger partial charge in [0.25, 0.3) is 0 Å². The van der Waals surface area contributed by atoms with E-state index in [0.29, 0.717) is 13.2 Å². The van der Waals surface area contributed by atoms with E-state index in [1.807, 2.05) is 25.1 Å². The van der Waals surface area contributed by atoms with Gasteiger partial charge in [0, 0.05) is 29.9 Å². The van der Waals surface area contributed by atoms with Crippen LogP contribution < -0.4 is 9.80 Å². The van der Waals surface area contributed by atoms with Crippen molar-refractivity contribution in [1.29, 1.82) is 0 Å². The van der Waals surface area contributed by atoms with Crippen molar-refractivity contribution in [2.75, 3.05) is 29.5 Å². The topological polar surface area (TPSA) is 45.7 Å². The molecule has 0 N–H and O–H groups in total. The molecule has 136 valence electrons. The zero-order valence-corrected chi connectivity index (χ0v) is 15.3. The van der Waals surface area contributed by atoms with Gasteiger partial charge in [0.05, 0.1) is 17.7 Å². The molecule has 1 fully saturated rings. The maximum Gasteiger partial charge on any atom is 0.414 e. The minimum absolute atomic E-state index is 0.235. The Kier molecular flexibility index (Phi) is 3.74. The van der Waals surface area contributed by atoms with Crippen LogP contribution in [0.15, 0.2) is 48.5 Å². The Morgan fingerprint density at radius 3 is 2.78 bits per heavy atom. The lowest BCUT2D eigenvalue weighted by atomic mass is 9.96. The zero-order valence-electron chi connectivity index (χ0n) is 15.3. The lowest BCUT2D eigenvalue weighted by molar-refractivity contribution is 0.181. The molecule has 2 aliphatic heterocycles. The number of hydrogen-bond acceptors (Lipinski definition) is 4. The molecule has 0 unspecified atom stereocenters. The molecular weight excluding hydrogens is 338 g/mol. The van der Waals surface area contributed by atoms with E-state index in [1.54, 1.807) is 4.90 Å². The van der Waals surface area contributed by atoms with E-state index in [1.165, 1.54) is 22.2 Å². The number of benzene rings is 2. The predicted octanol–water partition coefficient (Wildman–Crippen LogP) is 4.06. The highest BCUT2D eigenvalue weighted by Gasteiger charge is 2.28. The molecule has 1 aromatic heterocycles. The van der Waals surface area contributed by atoms with Crippen LogP contribution in [-0.4, -0.2) is 30.8 Å². The molecule has 0 radical (unpaired) electrons. The predicted molar refractivity (Wildman–Crippen MR) is 106 cm³/mol. The van der Waals surface area contributed by atoms with Gasteiger partial charge in [0.1, 0.15) is 6.61 Å². The van der Waals surface area contributed by atoms with Gasteiger partial charge in [-0.25, -0.2) is 4.79 Å². The summed E-state index contributed by atoms with van der Waals surface area (Å²) < 4.78 is 5.13. The van der Waals surface area contributed by atoms with Gasteiger partial charge in [-0.2, -0.15) is 0 Å². The summed E-state index contributed by atoms with van der Waals surface area (Å²) in [4.78, 5) is 20.9. The van der Waals surface area contributed by atoms with E-state index in [-0.39, 0.29) is 6.09 Å². The Morgan fingerprint density at radius 1 is 1.04 bits per heavy atom. The molecule has 0 atom stereocenters. The van der Waals surface area contributed by atoms with Crippen LogP contribution in [-0.2, 0) is 17.7 Å². The van der Waals surface area contributed by atoms with Crippen LogP contribution in [0.25, 0.3) is 10.9 Å². The van der Waals surface area contributed by atoms with E-state index < -0.39 is 0 Å². The van der Waals surface area contributed by atoms with Gasteiger partial charge in [-0.3, -0.25) is 9.88 Å². The number of fused-ring (bicyclic) bond motifs is 2. The monoisotopic (exact) mass is 359 g/mol. The van der Waals surface area contributed by atoms with E-state index in [0.717, 1.165) is 36.4 Å². The standard InChI is InChI=1S/C22H21N3O2/c1-15-13-21(18-6-2-3-7-19(18)23-15)24-10-9-17-16(14-24)5-4-8-20(17)25-11-12-27-22(25)26/h2-8,13H,9-12,14H2,1H3. The number of pyridine rings is 1. The van der Waals surface area contributed by atoms with Gasteiger partial charge in [0.15, 0.2) is 0 Å². The number of ether oxygens (including phenoxy) is 1. The Morgan fingerprint density at radius 2 is 1.93 bits per heavy atom. The molecular formula is C22H21N3O2. The van der Waals surface area contributed by atoms with Crippen molar-refractivity contribution in [2.45, 2.75) is 19.9 Å². The summed E-state index contributed by atoms with van der Waals surface area (Å²) in [6.45, 7) is 4.90. The smallest absolute Gasteiger partial charge is 0.414 e. The van der Waals surface area contributed by atoms with Crippen LogP contribution in [0, 0.1) is 6.92 Å². The van der Waals surface area contributed by atoms with E-state index in [2.05, 4.69) is 40.2 Å². The van der Waals surface area contributed by atoms with E-state index in [9.17, 15) is 4.79 Å². The highest BCUT2D eigenvalue weighted by molar-refractivity contribution is 5.93. The first-order valence-electron chi connectivity index (χ1n) is 9.37. The number of cyclic esters (lactones) is 1. The lowest BCUT2D eigenvalue weighted by Gasteiger charge is -2.33. The summed E-state index contributed by atoms with van der Waals surface area (Å²) in [6.07, 6.45) is 0.673. The Balaban J connectivity index is 1.53. The van der Waals surface area contributed by atoms with Crippen LogP contribution in [0.1, 0.15) is 16.8 Å². The number of para-hydroxylation sites is 1. The van der Waals surface area contributed by atoms with Gasteiger partial charge >= 0.3 is 6.09 Å². The molecule has 5 heteroatoms. The average Bonchev–Trinajstić information content (AvgIpc) is 3.12.